The van der Waals surface area contributed by atoms with Crippen LogP contribution < -0.4 is 10.3 Å². The van der Waals surface area contributed by atoms with Gasteiger partial charge in [0.05, 0.1) is 17.3 Å². The van der Waals surface area contributed by atoms with Gasteiger partial charge in [-0.05, 0) is 55.6 Å². The quantitative estimate of drug-likeness (QED) is 0.680. The van der Waals surface area contributed by atoms with Gasteiger partial charge in [0.15, 0.2) is 0 Å². The van der Waals surface area contributed by atoms with Gasteiger partial charge in [0.2, 0.25) is 0 Å². The van der Waals surface area contributed by atoms with Crippen LogP contribution in [0.15, 0.2) is 65.6 Å². The van der Waals surface area contributed by atoms with Crippen LogP contribution in [-0.2, 0) is 0 Å². The summed E-state index contributed by atoms with van der Waals surface area (Å²) in [7, 11) is 0. The van der Waals surface area contributed by atoms with Gasteiger partial charge in [0.1, 0.15) is 11.4 Å². The van der Waals surface area contributed by atoms with Gasteiger partial charge < -0.3 is 4.74 Å². The van der Waals surface area contributed by atoms with Gasteiger partial charge in [-0.25, -0.2) is 0 Å². The predicted octanol–water partition coefficient (Wildman–Crippen LogP) is 3.93. The maximum absolute atomic E-state index is 13.0. The second kappa shape index (κ2) is 5.35. The summed E-state index contributed by atoms with van der Waals surface area (Å²) in [5.74, 6) is 0.668. The molecule has 4 nitrogen and oxygen atoms in total. The Kier molecular flexibility index (Phi) is 3.26. The molecule has 0 N–H and O–H groups in total. The van der Waals surface area contributed by atoms with E-state index < -0.39 is 5.60 Å². The summed E-state index contributed by atoms with van der Waals surface area (Å²) in [6, 6.07) is 16.9. The van der Waals surface area contributed by atoms with Crippen LogP contribution in [0.25, 0.3) is 16.5 Å². The molecular weight excluding hydrogens is 312 g/mol. The van der Waals surface area contributed by atoms with E-state index in [1.54, 1.807) is 29.0 Å². The Morgan fingerprint density at radius 1 is 1.12 bits per heavy atom. The summed E-state index contributed by atoms with van der Waals surface area (Å²) in [6.07, 6.45) is 3.70. The number of rotatable bonds is 1. The minimum Gasteiger partial charge on any atom is -0.483 e. The van der Waals surface area contributed by atoms with Gasteiger partial charge in [0.25, 0.3) is 5.56 Å². The van der Waals surface area contributed by atoms with Crippen LogP contribution in [0.3, 0.4) is 0 Å². The first-order valence-electron chi connectivity index (χ1n) is 8.06. The van der Waals surface area contributed by atoms with E-state index in [9.17, 15) is 10.1 Å². The summed E-state index contributed by atoms with van der Waals surface area (Å²) in [4.78, 5) is 13.0. The largest absolute Gasteiger partial charge is 0.483 e. The minimum absolute atomic E-state index is 0.0876. The number of aromatic nitrogens is 1. The Morgan fingerprint density at radius 3 is 2.72 bits per heavy atom. The molecule has 122 valence electrons. The maximum atomic E-state index is 13.0. The fourth-order valence-corrected chi connectivity index (χ4v) is 3.19. The Hall–Kier alpha value is -3.32. The number of fused-ring (bicyclic) bond motifs is 2. The Balaban J connectivity index is 2.02. The van der Waals surface area contributed by atoms with Crippen molar-refractivity contribution in [2.45, 2.75) is 19.4 Å². The van der Waals surface area contributed by atoms with Crippen molar-refractivity contribution < 1.29 is 4.74 Å². The van der Waals surface area contributed by atoms with Crippen molar-refractivity contribution in [2.75, 3.05) is 0 Å². The molecule has 0 aliphatic carbocycles. The third-order valence-corrected chi connectivity index (χ3v) is 4.31. The fraction of sp³-hybridized carbons (Fsp3) is 0.143. The number of ether oxygens (including phenoxy) is 1. The smallest absolute Gasteiger partial charge is 0.262 e. The van der Waals surface area contributed by atoms with E-state index >= 15 is 0 Å². The standard InChI is InChI=1S/C21H16N2O2/c1-21(2)12-18(17-11-14(13-22)7-8-19(17)25-21)23-10-9-15-5-3-4-6-16(15)20(23)24/h3-12H,1-2H3. The van der Waals surface area contributed by atoms with Crippen molar-refractivity contribution in [3.8, 4) is 11.8 Å². The molecule has 0 bridgehead atoms. The van der Waals surface area contributed by atoms with E-state index in [1.165, 1.54) is 0 Å². The van der Waals surface area contributed by atoms with Crippen LogP contribution in [0.1, 0.15) is 25.0 Å². The first kappa shape index (κ1) is 15.2. The van der Waals surface area contributed by atoms with Crippen LogP contribution in [0.4, 0.5) is 0 Å². The number of nitrogens with zero attached hydrogens (tertiary/aromatic N) is 2. The molecule has 4 rings (SSSR count). The molecule has 0 spiro atoms. The molecule has 2 heterocycles. The van der Waals surface area contributed by atoms with Crippen LogP contribution in [0.5, 0.6) is 5.75 Å². The molecular formula is C21H16N2O2. The molecule has 1 aliphatic heterocycles. The first-order chi connectivity index (χ1) is 12.0. The zero-order chi connectivity index (χ0) is 17.6. The summed E-state index contributed by atoms with van der Waals surface area (Å²) >= 11 is 0. The topological polar surface area (TPSA) is 55.0 Å². The summed E-state index contributed by atoms with van der Waals surface area (Å²) in [5.41, 5.74) is 1.37. The van der Waals surface area contributed by atoms with E-state index in [0.29, 0.717) is 16.7 Å². The molecule has 4 heteroatoms. The van der Waals surface area contributed by atoms with E-state index in [4.69, 9.17) is 4.74 Å². The molecule has 1 aliphatic rings. The molecule has 0 saturated carbocycles. The van der Waals surface area contributed by atoms with Crippen LogP contribution >= 0.6 is 0 Å². The molecule has 1 aromatic heterocycles. The maximum Gasteiger partial charge on any atom is 0.262 e. The second-order valence-corrected chi connectivity index (χ2v) is 6.64. The Morgan fingerprint density at radius 2 is 1.92 bits per heavy atom. The van der Waals surface area contributed by atoms with Crippen molar-refractivity contribution in [2.24, 2.45) is 0 Å². The third kappa shape index (κ3) is 2.50. The van der Waals surface area contributed by atoms with Crippen LogP contribution in [0.2, 0.25) is 0 Å². The van der Waals surface area contributed by atoms with Gasteiger partial charge in [-0.15, -0.1) is 0 Å². The highest BCUT2D eigenvalue weighted by molar-refractivity contribution is 5.83. The average molecular weight is 328 g/mol. The molecule has 2 aromatic carbocycles. The molecule has 3 aromatic rings. The molecule has 0 amide bonds. The molecule has 0 fully saturated rings. The van der Waals surface area contributed by atoms with Gasteiger partial charge in [0, 0.05) is 17.1 Å². The fourth-order valence-electron chi connectivity index (χ4n) is 3.19. The molecule has 0 unspecified atom stereocenters. The minimum atomic E-state index is -0.554. The van der Waals surface area contributed by atoms with Crippen molar-refractivity contribution in [1.29, 1.82) is 5.26 Å². The first-order valence-corrected chi connectivity index (χ1v) is 8.06. The van der Waals surface area contributed by atoms with Crippen molar-refractivity contribution in [3.05, 3.63) is 82.3 Å². The van der Waals surface area contributed by atoms with Crippen molar-refractivity contribution in [3.63, 3.8) is 0 Å². The Bertz CT molecular complexity index is 1130. The highest BCUT2D eigenvalue weighted by atomic mass is 16.5. The molecule has 0 atom stereocenters. The normalized spacial score (nSPS) is 15.0. The van der Waals surface area contributed by atoms with E-state index in [0.717, 1.165) is 16.6 Å². The SMILES string of the molecule is CC1(C)C=C(n2ccc3ccccc3c2=O)c2cc(C#N)ccc2O1. The highest BCUT2D eigenvalue weighted by Gasteiger charge is 2.28. The average Bonchev–Trinajstić information content (AvgIpc) is 2.61. The van der Waals surface area contributed by atoms with E-state index in [1.807, 2.05) is 50.3 Å². The Labute approximate surface area is 145 Å². The highest BCUT2D eigenvalue weighted by Crippen LogP contribution is 2.37. The lowest BCUT2D eigenvalue weighted by Crippen LogP contribution is -2.32. The van der Waals surface area contributed by atoms with Crippen LogP contribution in [-0.4, -0.2) is 10.2 Å². The van der Waals surface area contributed by atoms with Gasteiger partial charge in [-0.3, -0.25) is 9.36 Å². The van der Waals surface area contributed by atoms with Gasteiger partial charge >= 0.3 is 0 Å². The summed E-state index contributed by atoms with van der Waals surface area (Å²) < 4.78 is 7.63. The third-order valence-electron chi connectivity index (χ3n) is 4.31. The second-order valence-electron chi connectivity index (χ2n) is 6.64. The number of hydrogen-bond donors (Lipinski definition) is 0. The zero-order valence-corrected chi connectivity index (χ0v) is 14.0. The number of pyridine rings is 1. The lowest BCUT2D eigenvalue weighted by atomic mass is 9.97. The van der Waals surface area contributed by atoms with Crippen LogP contribution in [0, 0.1) is 11.3 Å². The van der Waals surface area contributed by atoms with Crippen molar-refractivity contribution >= 4 is 16.5 Å². The monoisotopic (exact) mass is 328 g/mol. The summed E-state index contributed by atoms with van der Waals surface area (Å²) in [6.45, 7) is 3.89. The predicted molar refractivity (Wildman–Crippen MR) is 97.4 cm³/mol. The van der Waals surface area contributed by atoms with Gasteiger partial charge in [-0.2, -0.15) is 5.26 Å². The van der Waals surface area contributed by atoms with E-state index in [-0.39, 0.29) is 5.56 Å². The molecule has 25 heavy (non-hydrogen) atoms. The summed E-state index contributed by atoms with van der Waals surface area (Å²) in [5, 5.41) is 10.8. The van der Waals surface area contributed by atoms with Crippen molar-refractivity contribution in [1.82, 2.24) is 4.57 Å². The number of benzene rings is 2. The number of hydrogen-bond acceptors (Lipinski definition) is 3. The van der Waals surface area contributed by atoms with Gasteiger partial charge in [-0.1, -0.05) is 18.2 Å². The molecule has 0 saturated heterocycles. The van der Waals surface area contributed by atoms with E-state index in [2.05, 4.69) is 6.07 Å². The lowest BCUT2D eigenvalue weighted by Gasteiger charge is -2.31. The zero-order valence-electron chi connectivity index (χ0n) is 14.0. The lowest BCUT2D eigenvalue weighted by molar-refractivity contribution is 0.157. The molecule has 0 radical (unpaired) electrons. The number of nitriles is 1.